The molecule has 0 amide bonds. The Morgan fingerprint density at radius 1 is 1.64 bits per heavy atom. The molecule has 0 aliphatic heterocycles. The Bertz CT molecular complexity index is 252. The summed E-state index contributed by atoms with van der Waals surface area (Å²) in [5.74, 6) is 0.862. The van der Waals surface area contributed by atoms with E-state index in [1.54, 1.807) is 0 Å². The molecule has 0 atom stereocenters. The molecule has 1 aromatic heterocycles. The van der Waals surface area contributed by atoms with E-state index >= 15 is 0 Å². The maximum atomic E-state index is 12.8. The maximum absolute atomic E-state index is 12.8. The molecular formula is C7H9FN2S. The fourth-order valence-corrected chi connectivity index (χ4v) is 1.33. The Morgan fingerprint density at radius 3 is 3.00 bits per heavy atom. The normalized spacial score (nSPS) is 10.0. The van der Waals surface area contributed by atoms with Gasteiger partial charge < -0.3 is 5.73 Å². The predicted octanol–water partition coefficient (Wildman–Crippen LogP) is 1.91. The van der Waals surface area contributed by atoms with Crippen molar-refractivity contribution in [3.8, 4) is 0 Å². The van der Waals surface area contributed by atoms with Crippen LogP contribution in [0.4, 0.5) is 10.2 Å². The largest absolute Gasteiger partial charge is 0.384 e. The Labute approximate surface area is 69.0 Å². The third-order valence-corrected chi connectivity index (χ3v) is 1.96. The van der Waals surface area contributed by atoms with Gasteiger partial charge in [0.05, 0.1) is 0 Å². The van der Waals surface area contributed by atoms with Gasteiger partial charge in [-0.25, -0.2) is 9.37 Å². The number of rotatable bonds is 2. The van der Waals surface area contributed by atoms with Gasteiger partial charge in [-0.1, -0.05) is 6.92 Å². The number of pyridine rings is 1. The minimum absolute atomic E-state index is 0.300. The van der Waals surface area contributed by atoms with Crippen molar-refractivity contribution in [2.75, 3.05) is 11.5 Å². The minimum Gasteiger partial charge on any atom is -0.384 e. The summed E-state index contributed by atoms with van der Waals surface area (Å²) in [5.41, 5.74) is 5.37. The Kier molecular flexibility index (Phi) is 2.70. The van der Waals surface area contributed by atoms with Crippen LogP contribution >= 0.6 is 11.8 Å². The average Bonchev–Trinajstić information content (AvgIpc) is 1.98. The second-order valence-electron chi connectivity index (χ2n) is 1.96. The number of aromatic nitrogens is 1. The number of nitrogens with two attached hydrogens (primary N) is 1. The van der Waals surface area contributed by atoms with E-state index in [4.69, 9.17) is 5.73 Å². The van der Waals surface area contributed by atoms with E-state index in [1.165, 1.54) is 23.9 Å². The lowest BCUT2D eigenvalue weighted by atomic mass is 10.4. The van der Waals surface area contributed by atoms with Crippen molar-refractivity contribution in [1.82, 2.24) is 4.98 Å². The summed E-state index contributed by atoms with van der Waals surface area (Å²) in [5, 5.41) is 0.382. The van der Waals surface area contributed by atoms with E-state index in [9.17, 15) is 4.39 Å². The standard InChI is InChI=1S/C7H9FN2S/c1-2-11-7-5(8)3-4-6(9)10-7/h3-4H,2H2,1H3,(H2,9,10). The second kappa shape index (κ2) is 3.57. The molecule has 0 aromatic carbocycles. The maximum Gasteiger partial charge on any atom is 0.155 e. The highest BCUT2D eigenvalue weighted by molar-refractivity contribution is 7.99. The van der Waals surface area contributed by atoms with Crippen molar-refractivity contribution in [2.24, 2.45) is 0 Å². The first-order valence-electron chi connectivity index (χ1n) is 3.29. The Morgan fingerprint density at radius 2 is 2.36 bits per heavy atom. The Balaban J connectivity index is 2.93. The van der Waals surface area contributed by atoms with E-state index in [2.05, 4.69) is 4.98 Å². The number of hydrogen-bond acceptors (Lipinski definition) is 3. The first-order valence-corrected chi connectivity index (χ1v) is 4.27. The monoisotopic (exact) mass is 172 g/mol. The molecule has 0 fully saturated rings. The quantitative estimate of drug-likeness (QED) is 0.692. The molecule has 2 nitrogen and oxygen atoms in total. The van der Waals surface area contributed by atoms with Crippen molar-refractivity contribution >= 4 is 17.6 Å². The summed E-state index contributed by atoms with van der Waals surface area (Å²) < 4.78 is 12.8. The van der Waals surface area contributed by atoms with Gasteiger partial charge >= 0.3 is 0 Å². The summed E-state index contributed by atoms with van der Waals surface area (Å²) in [6.07, 6.45) is 0. The summed E-state index contributed by atoms with van der Waals surface area (Å²) in [6.45, 7) is 1.94. The van der Waals surface area contributed by atoms with Crippen LogP contribution in [0.15, 0.2) is 17.2 Å². The summed E-state index contributed by atoms with van der Waals surface area (Å²) in [7, 11) is 0. The van der Waals surface area contributed by atoms with Crippen molar-refractivity contribution < 1.29 is 4.39 Å². The highest BCUT2D eigenvalue weighted by Crippen LogP contribution is 2.19. The van der Waals surface area contributed by atoms with Crippen LogP contribution in [0.1, 0.15) is 6.92 Å². The second-order valence-corrected chi connectivity index (χ2v) is 3.21. The van der Waals surface area contributed by atoms with Gasteiger partial charge in [0.25, 0.3) is 0 Å². The topological polar surface area (TPSA) is 38.9 Å². The van der Waals surface area contributed by atoms with Gasteiger partial charge in [-0.05, 0) is 17.9 Å². The molecule has 0 unspecified atom stereocenters. The van der Waals surface area contributed by atoms with Gasteiger partial charge in [0.15, 0.2) is 5.82 Å². The SMILES string of the molecule is CCSc1nc(N)ccc1F. The van der Waals surface area contributed by atoms with Gasteiger partial charge in [0.2, 0.25) is 0 Å². The van der Waals surface area contributed by atoms with Crippen molar-refractivity contribution in [1.29, 1.82) is 0 Å². The van der Waals surface area contributed by atoms with Gasteiger partial charge in [-0.2, -0.15) is 0 Å². The lowest BCUT2D eigenvalue weighted by Gasteiger charge is -1.99. The van der Waals surface area contributed by atoms with Gasteiger partial charge in [-0.15, -0.1) is 11.8 Å². The van der Waals surface area contributed by atoms with E-state index in [0.717, 1.165) is 5.75 Å². The van der Waals surface area contributed by atoms with Crippen LogP contribution in [0.25, 0.3) is 0 Å². The van der Waals surface area contributed by atoms with Crippen LogP contribution < -0.4 is 5.73 Å². The highest BCUT2D eigenvalue weighted by Gasteiger charge is 2.02. The van der Waals surface area contributed by atoms with Gasteiger partial charge in [0, 0.05) is 0 Å². The van der Waals surface area contributed by atoms with Crippen LogP contribution in [-0.2, 0) is 0 Å². The summed E-state index contributed by atoms with van der Waals surface area (Å²) in [6, 6.07) is 2.79. The van der Waals surface area contributed by atoms with Crippen LogP contribution in [0.2, 0.25) is 0 Å². The van der Waals surface area contributed by atoms with Crippen LogP contribution in [-0.4, -0.2) is 10.7 Å². The molecule has 1 rings (SSSR count). The lowest BCUT2D eigenvalue weighted by Crippen LogP contribution is -1.93. The summed E-state index contributed by atoms with van der Waals surface area (Å²) in [4.78, 5) is 3.83. The summed E-state index contributed by atoms with van der Waals surface area (Å²) >= 11 is 1.35. The fourth-order valence-electron chi connectivity index (χ4n) is 0.676. The van der Waals surface area contributed by atoms with Crippen molar-refractivity contribution in [3.05, 3.63) is 17.9 Å². The van der Waals surface area contributed by atoms with E-state index < -0.39 is 0 Å². The third kappa shape index (κ3) is 2.08. The predicted molar refractivity (Wildman–Crippen MR) is 45.0 cm³/mol. The fraction of sp³-hybridized carbons (Fsp3) is 0.286. The van der Waals surface area contributed by atoms with Crippen LogP contribution in [0.3, 0.4) is 0 Å². The number of nitrogens with zero attached hydrogens (tertiary/aromatic N) is 1. The van der Waals surface area contributed by atoms with Gasteiger partial charge in [0.1, 0.15) is 10.8 Å². The first kappa shape index (κ1) is 8.33. The molecule has 1 aromatic rings. The van der Waals surface area contributed by atoms with E-state index in [1.807, 2.05) is 6.92 Å². The zero-order valence-electron chi connectivity index (χ0n) is 6.17. The Hall–Kier alpha value is -0.770. The zero-order chi connectivity index (χ0) is 8.27. The average molecular weight is 172 g/mol. The van der Waals surface area contributed by atoms with Crippen molar-refractivity contribution in [2.45, 2.75) is 11.9 Å². The van der Waals surface area contributed by atoms with Gasteiger partial charge in [-0.3, -0.25) is 0 Å². The van der Waals surface area contributed by atoms with Crippen LogP contribution in [0, 0.1) is 5.82 Å². The number of hydrogen-bond donors (Lipinski definition) is 1. The molecule has 0 spiro atoms. The van der Waals surface area contributed by atoms with E-state index in [-0.39, 0.29) is 5.82 Å². The number of nitrogen functional groups attached to an aromatic ring is 1. The highest BCUT2D eigenvalue weighted by atomic mass is 32.2. The molecule has 0 saturated heterocycles. The molecule has 1 heterocycles. The molecule has 0 saturated carbocycles. The molecule has 2 N–H and O–H groups in total. The molecular weight excluding hydrogens is 163 g/mol. The molecule has 0 aliphatic carbocycles. The van der Waals surface area contributed by atoms with Crippen LogP contribution in [0.5, 0.6) is 0 Å². The molecule has 4 heteroatoms. The first-order chi connectivity index (χ1) is 5.24. The molecule has 0 radical (unpaired) electrons. The molecule has 11 heavy (non-hydrogen) atoms. The smallest absolute Gasteiger partial charge is 0.155 e. The third-order valence-electron chi connectivity index (χ3n) is 1.12. The number of halogens is 1. The van der Waals surface area contributed by atoms with E-state index in [0.29, 0.717) is 10.8 Å². The lowest BCUT2D eigenvalue weighted by molar-refractivity contribution is 0.589. The zero-order valence-corrected chi connectivity index (χ0v) is 6.99. The van der Waals surface area contributed by atoms with Crippen molar-refractivity contribution in [3.63, 3.8) is 0 Å². The number of anilines is 1. The minimum atomic E-state index is -0.300. The molecule has 60 valence electrons. The number of thioether (sulfide) groups is 1. The molecule has 0 aliphatic rings. The molecule has 0 bridgehead atoms.